The van der Waals surface area contributed by atoms with Crippen LogP contribution in [0.5, 0.6) is 0 Å². The molecule has 0 aliphatic carbocycles. The third kappa shape index (κ3) is 16.3. The third-order valence-corrected chi connectivity index (χ3v) is 14.1. The first-order valence-corrected chi connectivity index (χ1v) is 27.4. The van der Waals surface area contributed by atoms with Crippen molar-refractivity contribution in [3.63, 3.8) is 0 Å². The molecule has 3 saturated heterocycles. The monoisotopic (exact) mass is 1060 g/mol. The second kappa shape index (κ2) is 29.9. The van der Waals surface area contributed by atoms with Gasteiger partial charge in [0.2, 0.25) is 0 Å². The van der Waals surface area contributed by atoms with E-state index in [1.807, 2.05) is 212 Å². The Labute approximate surface area is 459 Å². The second-order valence-corrected chi connectivity index (χ2v) is 19.9. The van der Waals surface area contributed by atoms with E-state index < -0.39 is 67.7 Å². The molecule has 7 aromatic carbocycles. The number of ether oxygens (including phenoxy) is 12. The van der Waals surface area contributed by atoms with Gasteiger partial charge >= 0.3 is 0 Å². The van der Waals surface area contributed by atoms with Crippen molar-refractivity contribution in [1.29, 1.82) is 0 Å². The Balaban J connectivity index is 1.05. The molecule has 408 valence electrons. The Kier molecular flexibility index (Phi) is 21.2. The van der Waals surface area contributed by atoms with Crippen molar-refractivity contribution < 1.29 is 56.8 Å². The summed E-state index contributed by atoms with van der Waals surface area (Å²) < 4.78 is 84.0. The molecule has 0 aromatic heterocycles. The molecular weight excluding hydrogens is 985 g/mol. The Morgan fingerprint density at radius 1 is 0.308 bits per heavy atom. The van der Waals surface area contributed by atoms with Crippen LogP contribution in [0.4, 0.5) is 0 Å². The zero-order valence-corrected chi connectivity index (χ0v) is 44.1. The standard InChI is InChI=1S/C66H72O12/c1-8-24-49(25-9-1)40-67-47-56-59(70-42-51-28-12-3-13-29-51)61(71-43-52-30-14-4-15-31-52)63(73-45-54-34-18-6-19-35-54)66(75-56)78-60-57(48-68-41-50-26-10-2-11-27-50)76-65(77-58-38-22-23-39-69-58)64(74-46-55-36-20-7-21-37-55)62(60)72-44-53-32-16-5-17-33-53/h1-21,24-37,56-66H,22-23,38-48H2/t56-,57-,58?,59+,60+,61+,62+,63-,64-,65+,66-/m1/s1. The number of hydrogen-bond acceptors (Lipinski definition) is 12. The van der Waals surface area contributed by atoms with E-state index in [-0.39, 0.29) is 46.2 Å². The summed E-state index contributed by atoms with van der Waals surface area (Å²) in [6.45, 7) is 2.74. The van der Waals surface area contributed by atoms with Gasteiger partial charge in [-0.3, -0.25) is 0 Å². The van der Waals surface area contributed by atoms with Gasteiger partial charge < -0.3 is 56.8 Å². The first kappa shape index (κ1) is 55.4. The molecule has 0 bridgehead atoms. The minimum Gasteiger partial charge on any atom is -0.374 e. The van der Waals surface area contributed by atoms with Gasteiger partial charge in [0.25, 0.3) is 0 Å². The molecule has 7 aromatic rings. The molecule has 0 radical (unpaired) electrons. The summed E-state index contributed by atoms with van der Waals surface area (Å²) >= 11 is 0. The molecule has 0 spiro atoms. The minimum atomic E-state index is -1.11. The van der Waals surface area contributed by atoms with Crippen LogP contribution >= 0.6 is 0 Å². The molecule has 1 unspecified atom stereocenters. The van der Waals surface area contributed by atoms with Crippen molar-refractivity contribution in [2.24, 2.45) is 0 Å². The predicted octanol–water partition coefficient (Wildman–Crippen LogP) is 11.7. The van der Waals surface area contributed by atoms with Gasteiger partial charge in [0.05, 0.1) is 59.5 Å². The van der Waals surface area contributed by atoms with Crippen LogP contribution in [-0.2, 0) is 103 Å². The van der Waals surface area contributed by atoms with E-state index in [1.165, 1.54) is 0 Å². The van der Waals surface area contributed by atoms with E-state index in [4.69, 9.17) is 56.8 Å². The molecule has 3 aliphatic rings. The maximum atomic E-state index is 7.62. The maximum absolute atomic E-state index is 7.62. The van der Waals surface area contributed by atoms with E-state index >= 15 is 0 Å². The Bertz CT molecular complexity index is 2710. The van der Waals surface area contributed by atoms with E-state index in [0.717, 1.165) is 51.8 Å². The van der Waals surface area contributed by atoms with E-state index in [0.29, 0.717) is 26.2 Å². The van der Waals surface area contributed by atoms with Crippen LogP contribution in [-0.4, -0.2) is 87.5 Å². The molecule has 3 heterocycles. The number of rotatable bonds is 27. The van der Waals surface area contributed by atoms with Crippen LogP contribution in [0, 0.1) is 0 Å². The minimum absolute atomic E-state index is 0.101. The normalized spacial score (nSPS) is 25.4. The molecule has 0 amide bonds. The summed E-state index contributed by atoms with van der Waals surface area (Å²) in [4.78, 5) is 0. The molecular formula is C66H72O12. The van der Waals surface area contributed by atoms with Gasteiger partial charge in [-0.25, -0.2) is 0 Å². The van der Waals surface area contributed by atoms with Gasteiger partial charge in [-0.2, -0.15) is 0 Å². The molecule has 3 fully saturated rings. The zero-order chi connectivity index (χ0) is 52.8. The van der Waals surface area contributed by atoms with Crippen LogP contribution in [0.2, 0.25) is 0 Å². The average molecular weight is 1060 g/mol. The first-order chi connectivity index (χ1) is 38.7. The third-order valence-electron chi connectivity index (χ3n) is 14.1. The maximum Gasteiger partial charge on any atom is 0.189 e. The topological polar surface area (TPSA) is 111 Å². The van der Waals surface area contributed by atoms with E-state index in [1.54, 1.807) is 0 Å². The smallest absolute Gasteiger partial charge is 0.189 e. The molecule has 11 atom stereocenters. The van der Waals surface area contributed by atoms with Crippen molar-refractivity contribution in [2.75, 3.05) is 19.8 Å². The van der Waals surface area contributed by atoms with Gasteiger partial charge in [0.15, 0.2) is 18.9 Å². The molecule has 12 nitrogen and oxygen atoms in total. The highest BCUT2D eigenvalue weighted by molar-refractivity contribution is 5.19. The predicted molar refractivity (Wildman–Crippen MR) is 294 cm³/mol. The van der Waals surface area contributed by atoms with E-state index in [9.17, 15) is 0 Å². The summed E-state index contributed by atoms with van der Waals surface area (Å²) in [6.07, 6.45) is -6.38. The number of benzene rings is 7. The van der Waals surface area contributed by atoms with Crippen LogP contribution in [0.25, 0.3) is 0 Å². The fraction of sp³-hybridized carbons (Fsp3) is 0.364. The van der Waals surface area contributed by atoms with Gasteiger partial charge in [-0.1, -0.05) is 212 Å². The van der Waals surface area contributed by atoms with Crippen LogP contribution in [0.1, 0.15) is 58.2 Å². The lowest BCUT2D eigenvalue weighted by atomic mass is 9.95. The summed E-state index contributed by atoms with van der Waals surface area (Å²) in [6, 6.07) is 70.6. The van der Waals surface area contributed by atoms with Gasteiger partial charge in [-0.15, -0.1) is 0 Å². The average Bonchev–Trinajstić information content (AvgIpc) is 3.51. The fourth-order valence-corrected chi connectivity index (χ4v) is 10.0. The zero-order valence-electron chi connectivity index (χ0n) is 44.1. The highest BCUT2D eigenvalue weighted by atomic mass is 16.8. The molecule has 78 heavy (non-hydrogen) atoms. The summed E-state index contributed by atoms with van der Waals surface area (Å²) in [5, 5.41) is 0. The molecule has 0 saturated carbocycles. The lowest BCUT2D eigenvalue weighted by Gasteiger charge is -2.50. The van der Waals surface area contributed by atoms with Gasteiger partial charge in [0.1, 0.15) is 48.8 Å². The van der Waals surface area contributed by atoms with Crippen LogP contribution < -0.4 is 0 Å². The molecule has 3 aliphatic heterocycles. The second-order valence-electron chi connectivity index (χ2n) is 19.9. The van der Waals surface area contributed by atoms with Gasteiger partial charge in [0, 0.05) is 6.61 Å². The fourth-order valence-electron chi connectivity index (χ4n) is 10.0. The quantitative estimate of drug-likeness (QED) is 0.0489. The largest absolute Gasteiger partial charge is 0.374 e. The van der Waals surface area contributed by atoms with Crippen molar-refractivity contribution in [2.45, 2.75) is 133 Å². The highest BCUT2D eigenvalue weighted by Crippen LogP contribution is 2.38. The molecule has 12 heteroatoms. The number of hydrogen-bond donors (Lipinski definition) is 0. The lowest BCUT2D eigenvalue weighted by molar-refractivity contribution is -0.389. The lowest BCUT2D eigenvalue weighted by Crippen LogP contribution is -2.66. The Hall–Kier alpha value is -5.94. The summed E-state index contributed by atoms with van der Waals surface area (Å²) in [5.74, 6) is 0. The summed E-state index contributed by atoms with van der Waals surface area (Å²) in [7, 11) is 0. The van der Waals surface area contributed by atoms with E-state index in [2.05, 4.69) is 0 Å². The SMILES string of the molecule is c1ccc(COC[C@H]2O[C@H](O[C@@H]3[C@H](OCc4ccccc4)[C@@H](OCc4ccccc4)[C@H](OC4CCCCO4)O[C@@H]3COCc3ccccc3)[C@H](OCc3ccccc3)[C@@H](OCc3ccccc3)[C@H]2OCc2ccccc2)cc1. The Morgan fingerprint density at radius 3 is 0.974 bits per heavy atom. The summed E-state index contributed by atoms with van der Waals surface area (Å²) in [5.41, 5.74) is 6.92. The van der Waals surface area contributed by atoms with Crippen molar-refractivity contribution in [1.82, 2.24) is 0 Å². The van der Waals surface area contributed by atoms with Gasteiger partial charge in [-0.05, 0) is 58.2 Å². The van der Waals surface area contributed by atoms with Crippen molar-refractivity contribution >= 4 is 0 Å². The highest BCUT2D eigenvalue weighted by Gasteiger charge is 2.55. The van der Waals surface area contributed by atoms with Crippen LogP contribution in [0.15, 0.2) is 212 Å². The van der Waals surface area contributed by atoms with Crippen molar-refractivity contribution in [3.8, 4) is 0 Å². The van der Waals surface area contributed by atoms with Crippen molar-refractivity contribution in [3.05, 3.63) is 251 Å². The first-order valence-electron chi connectivity index (χ1n) is 27.4. The molecule has 0 N–H and O–H groups in total. The van der Waals surface area contributed by atoms with Crippen LogP contribution in [0.3, 0.4) is 0 Å². The molecule has 10 rings (SSSR count). The Morgan fingerprint density at radius 2 is 0.615 bits per heavy atom.